The van der Waals surface area contributed by atoms with Crippen LogP contribution in [0, 0.1) is 5.92 Å². The highest BCUT2D eigenvalue weighted by Gasteiger charge is 2.43. The van der Waals surface area contributed by atoms with Crippen LogP contribution in [0.2, 0.25) is 0 Å². The Morgan fingerprint density at radius 1 is 1.57 bits per heavy atom. The average molecular weight is 201 g/mol. The van der Waals surface area contributed by atoms with Crippen molar-refractivity contribution in [1.29, 1.82) is 0 Å². The highest BCUT2D eigenvalue weighted by Crippen LogP contribution is 2.32. The summed E-state index contributed by atoms with van der Waals surface area (Å²) in [4.78, 5) is 11.2. The van der Waals surface area contributed by atoms with E-state index in [4.69, 9.17) is 14.2 Å². The fourth-order valence-corrected chi connectivity index (χ4v) is 1.87. The standard InChI is InChI=1S/C9H15NO4/c1-2-10-9(11)14-7-5-13-8-6(7)3-4-12-8/h6-8H,2-5H2,1H3,(H,10,11). The second-order valence-corrected chi connectivity index (χ2v) is 3.50. The minimum atomic E-state index is -0.367. The minimum Gasteiger partial charge on any atom is -0.443 e. The van der Waals surface area contributed by atoms with Crippen molar-refractivity contribution in [1.82, 2.24) is 5.32 Å². The summed E-state index contributed by atoms with van der Waals surface area (Å²) in [5.41, 5.74) is 0. The van der Waals surface area contributed by atoms with Crippen molar-refractivity contribution >= 4 is 6.09 Å². The molecule has 2 saturated heterocycles. The molecule has 14 heavy (non-hydrogen) atoms. The molecule has 2 fully saturated rings. The van der Waals surface area contributed by atoms with Crippen molar-refractivity contribution in [2.75, 3.05) is 19.8 Å². The first-order chi connectivity index (χ1) is 6.81. The Bertz CT molecular complexity index is 221. The molecule has 2 heterocycles. The van der Waals surface area contributed by atoms with Crippen LogP contribution >= 0.6 is 0 Å². The normalized spacial score (nSPS) is 35.4. The zero-order valence-corrected chi connectivity index (χ0v) is 8.19. The van der Waals surface area contributed by atoms with Gasteiger partial charge in [0.25, 0.3) is 0 Å². The molecule has 0 aromatic rings. The lowest BCUT2D eigenvalue weighted by Crippen LogP contribution is -2.32. The fourth-order valence-electron chi connectivity index (χ4n) is 1.87. The summed E-state index contributed by atoms with van der Waals surface area (Å²) in [6.45, 7) is 3.59. The second kappa shape index (κ2) is 4.14. The molecule has 0 bridgehead atoms. The van der Waals surface area contributed by atoms with Crippen LogP contribution < -0.4 is 5.32 Å². The monoisotopic (exact) mass is 201 g/mol. The molecule has 2 aliphatic heterocycles. The number of nitrogens with one attached hydrogen (secondary N) is 1. The summed E-state index contributed by atoms with van der Waals surface area (Å²) in [7, 11) is 0. The third-order valence-electron chi connectivity index (χ3n) is 2.56. The molecule has 2 aliphatic rings. The molecular weight excluding hydrogens is 186 g/mol. The van der Waals surface area contributed by atoms with E-state index in [-0.39, 0.29) is 24.4 Å². The molecule has 3 unspecified atom stereocenters. The molecular formula is C9H15NO4. The number of alkyl carbamates (subject to hydrolysis) is 1. The number of rotatable bonds is 2. The van der Waals surface area contributed by atoms with Crippen LogP contribution in [0.25, 0.3) is 0 Å². The van der Waals surface area contributed by atoms with E-state index in [1.54, 1.807) is 0 Å². The van der Waals surface area contributed by atoms with Crippen LogP contribution in [0.3, 0.4) is 0 Å². The first-order valence-electron chi connectivity index (χ1n) is 4.99. The second-order valence-electron chi connectivity index (χ2n) is 3.50. The van der Waals surface area contributed by atoms with Gasteiger partial charge in [-0.1, -0.05) is 0 Å². The molecule has 3 atom stereocenters. The highest BCUT2D eigenvalue weighted by atomic mass is 16.7. The van der Waals surface area contributed by atoms with E-state index in [1.165, 1.54) is 0 Å². The van der Waals surface area contributed by atoms with Gasteiger partial charge in [-0.3, -0.25) is 0 Å². The van der Waals surface area contributed by atoms with E-state index >= 15 is 0 Å². The van der Waals surface area contributed by atoms with Crippen LogP contribution in [0.1, 0.15) is 13.3 Å². The maximum atomic E-state index is 11.2. The Balaban J connectivity index is 1.83. The van der Waals surface area contributed by atoms with Crippen LogP contribution in [0.15, 0.2) is 0 Å². The quantitative estimate of drug-likeness (QED) is 0.706. The maximum absolute atomic E-state index is 11.2. The molecule has 0 aliphatic carbocycles. The van der Waals surface area contributed by atoms with Crippen molar-refractivity contribution < 1.29 is 19.0 Å². The molecule has 0 saturated carbocycles. The number of hydrogen-bond donors (Lipinski definition) is 1. The predicted octanol–water partition coefficient (Wildman–Crippen LogP) is 0.494. The van der Waals surface area contributed by atoms with Gasteiger partial charge in [0.1, 0.15) is 6.10 Å². The van der Waals surface area contributed by atoms with Crippen molar-refractivity contribution in [3.63, 3.8) is 0 Å². The van der Waals surface area contributed by atoms with E-state index < -0.39 is 0 Å². The zero-order valence-electron chi connectivity index (χ0n) is 8.19. The van der Waals surface area contributed by atoms with E-state index in [0.717, 1.165) is 6.42 Å². The Labute approximate surface area is 82.7 Å². The first-order valence-corrected chi connectivity index (χ1v) is 4.99. The Morgan fingerprint density at radius 2 is 2.43 bits per heavy atom. The first kappa shape index (κ1) is 9.73. The lowest BCUT2D eigenvalue weighted by atomic mass is 10.0. The molecule has 0 spiro atoms. The smallest absolute Gasteiger partial charge is 0.407 e. The number of hydrogen-bond acceptors (Lipinski definition) is 4. The SMILES string of the molecule is CCNC(=O)OC1COC2OCCC12. The Hall–Kier alpha value is -0.810. The van der Waals surface area contributed by atoms with Gasteiger partial charge in [0.15, 0.2) is 6.29 Å². The largest absolute Gasteiger partial charge is 0.443 e. The van der Waals surface area contributed by atoms with Gasteiger partial charge in [-0.05, 0) is 13.3 Å². The van der Waals surface area contributed by atoms with Gasteiger partial charge in [-0.25, -0.2) is 4.79 Å². The van der Waals surface area contributed by atoms with E-state index in [1.807, 2.05) is 6.92 Å². The number of amides is 1. The molecule has 5 nitrogen and oxygen atoms in total. The van der Waals surface area contributed by atoms with E-state index in [9.17, 15) is 4.79 Å². The van der Waals surface area contributed by atoms with Crippen molar-refractivity contribution in [3.05, 3.63) is 0 Å². The van der Waals surface area contributed by atoms with Crippen LogP contribution in [-0.4, -0.2) is 38.2 Å². The minimum absolute atomic E-state index is 0.144. The molecule has 0 aromatic heterocycles. The summed E-state index contributed by atoms with van der Waals surface area (Å²) >= 11 is 0. The van der Waals surface area contributed by atoms with Gasteiger partial charge < -0.3 is 19.5 Å². The van der Waals surface area contributed by atoms with Gasteiger partial charge in [0.2, 0.25) is 0 Å². The fraction of sp³-hybridized carbons (Fsp3) is 0.889. The van der Waals surface area contributed by atoms with Gasteiger partial charge in [0, 0.05) is 6.54 Å². The summed E-state index contributed by atoms with van der Waals surface area (Å²) in [5, 5.41) is 2.59. The molecule has 1 amide bonds. The van der Waals surface area contributed by atoms with Crippen molar-refractivity contribution in [2.24, 2.45) is 5.92 Å². The molecule has 0 radical (unpaired) electrons. The number of fused-ring (bicyclic) bond motifs is 1. The van der Waals surface area contributed by atoms with E-state index in [2.05, 4.69) is 5.32 Å². The van der Waals surface area contributed by atoms with E-state index in [0.29, 0.717) is 19.8 Å². The highest BCUT2D eigenvalue weighted by molar-refractivity contribution is 5.67. The molecule has 2 rings (SSSR count). The van der Waals surface area contributed by atoms with Gasteiger partial charge in [-0.15, -0.1) is 0 Å². The molecule has 1 N–H and O–H groups in total. The topological polar surface area (TPSA) is 56.8 Å². The average Bonchev–Trinajstić information content (AvgIpc) is 2.70. The zero-order chi connectivity index (χ0) is 9.97. The van der Waals surface area contributed by atoms with Gasteiger partial charge >= 0.3 is 6.09 Å². The Morgan fingerprint density at radius 3 is 3.21 bits per heavy atom. The third kappa shape index (κ3) is 1.83. The van der Waals surface area contributed by atoms with Crippen LogP contribution in [0.4, 0.5) is 4.79 Å². The van der Waals surface area contributed by atoms with Crippen molar-refractivity contribution in [3.8, 4) is 0 Å². The summed E-state index contributed by atoms with van der Waals surface area (Å²) in [5.74, 6) is 0.220. The lowest BCUT2D eigenvalue weighted by molar-refractivity contribution is -0.0907. The van der Waals surface area contributed by atoms with Gasteiger partial charge in [0.05, 0.1) is 19.1 Å². The number of ether oxygens (including phenoxy) is 3. The maximum Gasteiger partial charge on any atom is 0.407 e. The lowest BCUT2D eigenvalue weighted by Gasteiger charge is -2.15. The summed E-state index contributed by atoms with van der Waals surface area (Å²) in [6, 6.07) is 0. The number of carbonyl (C=O) groups excluding carboxylic acids is 1. The van der Waals surface area contributed by atoms with Crippen LogP contribution in [0.5, 0.6) is 0 Å². The summed E-state index contributed by atoms with van der Waals surface area (Å²) in [6.07, 6.45) is 0.242. The number of carbonyl (C=O) groups is 1. The Kier molecular flexibility index (Phi) is 2.88. The third-order valence-corrected chi connectivity index (χ3v) is 2.56. The molecule has 5 heteroatoms. The van der Waals surface area contributed by atoms with Crippen LogP contribution in [-0.2, 0) is 14.2 Å². The molecule has 0 aromatic carbocycles. The van der Waals surface area contributed by atoms with Gasteiger partial charge in [-0.2, -0.15) is 0 Å². The summed E-state index contributed by atoms with van der Waals surface area (Å²) < 4.78 is 15.9. The van der Waals surface area contributed by atoms with Crippen molar-refractivity contribution in [2.45, 2.75) is 25.7 Å². The predicted molar refractivity (Wildman–Crippen MR) is 47.7 cm³/mol. The molecule has 80 valence electrons.